The summed E-state index contributed by atoms with van der Waals surface area (Å²) < 4.78 is 0. The Balaban J connectivity index is 0.00000200. The fraction of sp³-hybridized carbons (Fsp3) is 0.333. The molecule has 1 atom stereocenters. The van der Waals surface area contributed by atoms with E-state index in [0.717, 1.165) is 16.6 Å². The van der Waals surface area contributed by atoms with Gasteiger partial charge in [0.05, 0.1) is 11.1 Å². The fourth-order valence-corrected chi connectivity index (χ4v) is 1.87. The second kappa shape index (κ2) is 8.82. The van der Waals surface area contributed by atoms with Crippen molar-refractivity contribution in [3.05, 3.63) is 41.6 Å². The molecule has 0 aliphatic heterocycles. The molecule has 1 unspecified atom stereocenters. The van der Waals surface area contributed by atoms with Crippen LogP contribution < -0.4 is 10.6 Å². The quantitative estimate of drug-likeness (QED) is 0.906. The second-order valence-corrected chi connectivity index (χ2v) is 4.73. The molecular weight excluding hydrogens is 309 g/mol. The fourth-order valence-electron chi connectivity index (χ4n) is 1.87. The summed E-state index contributed by atoms with van der Waals surface area (Å²) in [7, 11) is 1.87. The number of nitrogens with one attached hydrogen (secondary N) is 2. The topological polar surface area (TPSA) is 54.0 Å². The van der Waals surface area contributed by atoms with Crippen molar-refractivity contribution in [1.82, 2.24) is 15.6 Å². The highest BCUT2D eigenvalue weighted by atomic mass is 35.5. The number of hydrogen-bond acceptors (Lipinski definition) is 3. The number of nitrogens with zero attached hydrogens (tertiary/aromatic N) is 1. The molecule has 4 nitrogen and oxygen atoms in total. The zero-order chi connectivity index (χ0) is 13.8. The molecule has 1 heterocycles. The van der Waals surface area contributed by atoms with Gasteiger partial charge in [0.2, 0.25) is 0 Å². The number of carbonyl (C=O) groups excluding carboxylic acids is 1. The van der Waals surface area contributed by atoms with Gasteiger partial charge in [0.1, 0.15) is 0 Å². The van der Waals surface area contributed by atoms with Crippen LogP contribution in [0, 0.1) is 6.92 Å². The molecule has 2 rings (SSSR count). The lowest BCUT2D eigenvalue weighted by molar-refractivity contribution is 0.0952. The first-order valence-corrected chi connectivity index (χ1v) is 6.43. The Morgan fingerprint density at radius 2 is 1.95 bits per heavy atom. The average molecular weight is 330 g/mol. The first-order chi connectivity index (χ1) is 9.11. The molecule has 1 aromatic heterocycles. The van der Waals surface area contributed by atoms with Gasteiger partial charge < -0.3 is 10.6 Å². The molecule has 0 saturated heterocycles. The largest absolute Gasteiger partial charge is 0.350 e. The second-order valence-electron chi connectivity index (χ2n) is 4.73. The molecule has 2 aromatic rings. The van der Waals surface area contributed by atoms with Gasteiger partial charge in [-0.3, -0.25) is 9.78 Å². The van der Waals surface area contributed by atoms with Crippen molar-refractivity contribution in [2.24, 2.45) is 0 Å². The van der Waals surface area contributed by atoms with Crippen LogP contribution in [0.1, 0.15) is 23.0 Å². The third-order valence-electron chi connectivity index (χ3n) is 3.17. The number of likely N-dealkylation sites (N-methyl/N-ethyl adjacent to an activating group) is 1. The van der Waals surface area contributed by atoms with Crippen LogP contribution in [0.25, 0.3) is 10.9 Å². The molecule has 0 fully saturated rings. The van der Waals surface area contributed by atoms with Crippen LogP contribution in [0.15, 0.2) is 30.3 Å². The number of rotatable bonds is 4. The predicted octanol–water partition coefficient (Wildman–Crippen LogP) is 2.72. The number of halogens is 2. The van der Waals surface area contributed by atoms with Crippen LogP contribution in [-0.4, -0.2) is 30.5 Å². The summed E-state index contributed by atoms with van der Waals surface area (Å²) in [6.07, 6.45) is 0. The lowest BCUT2D eigenvalue weighted by atomic mass is 10.1. The van der Waals surface area contributed by atoms with E-state index < -0.39 is 0 Å². The number of amides is 1. The summed E-state index contributed by atoms with van der Waals surface area (Å²) in [5.41, 5.74) is 2.30. The number of aromatic nitrogens is 1. The van der Waals surface area contributed by atoms with Crippen molar-refractivity contribution in [3.63, 3.8) is 0 Å². The Hall–Kier alpha value is -1.36. The molecular formula is C15H21Cl2N3O. The molecule has 1 amide bonds. The van der Waals surface area contributed by atoms with Crippen LogP contribution in [0.4, 0.5) is 0 Å². The summed E-state index contributed by atoms with van der Waals surface area (Å²) in [5, 5.41) is 6.99. The summed E-state index contributed by atoms with van der Waals surface area (Å²) >= 11 is 0. The van der Waals surface area contributed by atoms with Crippen molar-refractivity contribution in [2.75, 3.05) is 13.6 Å². The van der Waals surface area contributed by atoms with Crippen molar-refractivity contribution in [3.8, 4) is 0 Å². The monoisotopic (exact) mass is 329 g/mol. The summed E-state index contributed by atoms with van der Waals surface area (Å²) in [6.45, 7) is 4.54. The smallest absolute Gasteiger partial charge is 0.253 e. The SMILES string of the molecule is CNC(C)CNC(=O)c1cccc2ccc(C)nc12.Cl.Cl. The van der Waals surface area contributed by atoms with E-state index >= 15 is 0 Å². The van der Waals surface area contributed by atoms with Crippen LogP contribution in [0.2, 0.25) is 0 Å². The number of aryl methyl sites for hydroxylation is 1. The minimum absolute atomic E-state index is 0. The lowest BCUT2D eigenvalue weighted by Gasteiger charge is -2.12. The minimum Gasteiger partial charge on any atom is -0.350 e. The highest BCUT2D eigenvalue weighted by Crippen LogP contribution is 2.17. The zero-order valence-corrected chi connectivity index (χ0v) is 14.0. The third kappa shape index (κ3) is 4.84. The first-order valence-electron chi connectivity index (χ1n) is 6.43. The first kappa shape index (κ1) is 19.6. The normalized spacial score (nSPS) is 11.2. The number of fused-ring (bicyclic) bond motifs is 1. The molecule has 0 radical (unpaired) electrons. The van der Waals surface area contributed by atoms with Gasteiger partial charge in [-0.15, -0.1) is 24.8 Å². The highest BCUT2D eigenvalue weighted by Gasteiger charge is 2.11. The molecule has 116 valence electrons. The summed E-state index contributed by atoms with van der Waals surface area (Å²) in [4.78, 5) is 16.7. The Morgan fingerprint density at radius 3 is 2.62 bits per heavy atom. The van der Waals surface area contributed by atoms with E-state index in [1.54, 1.807) is 0 Å². The molecule has 6 heteroatoms. The molecule has 2 N–H and O–H groups in total. The number of hydrogen-bond donors (Lipinski definition) is 2. The summed E-state index contributed by atoms with van der Waals surface area (Å²) in [5.74, 6) is -0.0780. The van der Waals surface area contributed by atoms with Crippen LogP contribution in [0.3, 0.4) is 0 Å². The van der Waals surface area contributed by atoms with E-state index in [-0.39, 0.29) is 36.8 Å². The van der Waals surface area contributed by atoms with Gasteiger partial charge >= 0.3 is 0 Å². The van der Waals surface area contributed by atoms with E-state index in [1.807, 2.05) is 51.2 Å². The van der Waals surface area contributed by atoms with Gasteiger partial charge in [-0.2, -0.15) is 0 Å². The van der Waals surface area contributed by atoms with Gasteiger partial charge in [-0.25, -0.2) is 0 Å². The average Bonchev–Trinajstić information content (AvgIpc) is 2.43. The Morgan fingerprint density at radius 1 is 1.24 bits per heavy atom. The van der Waals surface area contributed by atoms with Gasteiger partial charge in [0.25, 0.3) is 5.91 Å². The van der Waals surface area contributed by atoms with Crippen molar-refractivity contribution in [2.45, 2.75) is 19.9 Å². The van der Waals surface area contributed by atoms with E-state index in [2.05, 4.69) is 15.6 Å². The number of para-hydroxylation sites is 1. The molecule has 0 saturated carbocycles. The molecule has 0 spiro atoms. The molecule has 1 aromatic carbocycles. The van der Waals surface area contributed by atoms with Crippen molar-refractivity contribution in [1.29, 1.82) is 0 Å². The molecule has 0 aliphatic rings. The van der Waals surface area contributed by atoms with E-state index in [9.17, 15) is 4.79 Å². The van der Waals surface area contributed by atoms with E-state index in [1.165, 1.54) is 0 Å². The minimum atomic E-state index is -0.0780. The standard InChI is InChI=1S/C15H19N3O.2ClH/c1-10-7-8-12-5-4-6-13(14(12)18-10)15(19)17-9-11(2)16-3;;/h4-8,11,16H,9H2,1-3H3,(H,17,19);2*1H. The van der Waals surface area contributed by atoms with E-state index in [4.69, 9.17) is 0 Å². The third-order valence-corrected chi connectivity index (χ3v) is 3.17. The van der Waals surface area contributed by atoms with Gasteiger partial charge in [0.15, 0.2) is 0 Å². The van der Waals surface area contributed by atoms with Crippen LogP contribution in [-0.2, 0) is 0 Å². The Bertz CT molecular complexity index is 604. The maximum atomic E-state index is 12.2. The molecule has 0 bridgehead atoms. The Labute approximate surface area is 137 Å². The van der Waals surface area contributed by atoms with Crippen LogP contribution >= 0.6 is 24.8 Å². The number of benzene rings is 1. The Kier molecular flexibility index (Phi) is 8.25. The molecule has 21 heavy (non-hydrogen) atoms. The van der Waals surface area contributed by atoms with Crippen molar-refractivity contribution < 1.29 is 4.79 Å². The van der Waals surface area contributed by atoms with Crippen LogP contribution in [0.5, 0.6) is 0 Å². The highest BCUT2D eigenvalue weighted by molar-refractivity contribution is 6.05. The maximum Gasteiger partial charge on any atom is 0.253 e. The maximum absolute atomic E-state index is 12.2. The lowest BCUT2D eigenvalue weighted by Crippen LogP contribution is -2.37. The number of pyridine rings is 1. The van der Waals surface area contributed by atoms with Gasteiger partial charge in [-0.1, -0.05) is 18.2 Å². The van der Waals surface area contributed by atoms with E-state index in [0.29, 0.717) is 12.1 Å². The van der Waals surface area contributed by atoms with Gasteiger partial charge in [-0.05, 0) is 33.0 Å². The molecule has 0 aliphatic carbocycles. The summed E-state index contributed by atoms with van der Waals surface area (Å²) in [6, 6.07) is 9.85. The zero-order valence-electron chi connectivity index (χ0n) is 12.3. The van der Waals surface area contributed by atoms with Gasteiger partial charge in [0, 0.05) is 23.7 Å². The van der Waals surface area contributed by atoms with Crippen molar-refractivity contribution >= 4 is 41.6 Å². The predicted molar refractivity (Wildman–Crippen MR) is 91.8 cm³/mol. The number of carbonyl (C=O) groups is 1.